The van der Waals surface area contributed by atoms with Gasteiger partial charge in [-0.15, -0.1) is 0 Å². The molecule has 0 saturated carbocycles. The Bertz CT molecular complexity index is 413. The number of aryl methyl sites for hydroxylation is 2. The molecule has 104 valence electrons. The van der Waals surface area contributed by atoms with Crippen molar-refractivity contribution >= 4 is 5.91 Å². The molecular formula is C16H24N2O. The Kier molecular flexibility index (Phi) is 4.97. The average Bonchev–Trinajstić information content (AvgIpc) is 2.83. The van der Waals surface area contributed by atoms with Crippen LogP contribution >= 0.6 is 0 Å². The quantitative estimate of drug-likeness (QED) is 0.826. The van der Waals surface area contributed by atoms with Gasteiger partial charge in [0.05, 0.1) is 0 Å². The third-order valence-electron chi connectivity index (χ3n) is 3.80. The van der Waals surface area contributed by atoms with E-state index in [1.165, 1.54) is 11.1 Å². The molecule has 1 saturated heterocycles. The number of rotatable bonds is 5. The summed E-state index contributed by atoms with van der Waals surface area (Å²) in [7, 11) is 0. The van der Waals surface area contributed by atoms with Gasteiger partial charge in [0, 0.05) is 25.6 Å². The van der Waals surface area contributed by atoms with Gasteiger partial charge in [-0.1, -0.05) is 29.8 Å². The normalized spacial score (nSPS) is 18.8. The predicted octanol–water partition coefficient (Wildman–Crippen LogP) is 2.27. The van der Waals surface area contributed by atoms with Gasteiger partial charge in [0.15, 0.2) is 0 Å². The first-order chi connectivity index (χ1) is 9.15. The maximum atomic E-state index is 11.9. The Labute approximate surface area is 115 Å². The maximum absolute atomic E-state index is 11.9. The lowest BCUT2D eigenvalue weighted by Gasteiger charge is -2.15. The summed E-state index contributed by atoms with van der Waals surface area (Å²) >= 11 is 0. The van der Waals surface area contributed by atoms with E-state index in [4.69, 9.17) is 5.73 Å². The first-order valence-electron chi connectivity index (χ1n) is 7.24. The van der Waals surface area contributed by atoms with E-state index in [0.29, 0.717) is 6.42 Å². The molecule has 19 heavy (non-hydrogen) atoms. The first kappa shape index (κ1) is 14.1. The van der Waals surface area contributed by atoms with Crippen LogP contribution in [-0.4, -0.2) is 29.9 Å². The number of likely N-dealkylation sites (tertiary alicyclic amines) is 1. The summed E-state index contributed by atoms with van der Waals surface area (Å²) in [5.41, 5.74) is 8.47. The van der Waals surface area contributed by atoms with E-state index < -0.39 is 0 Å². The second-order valence-corrected chi connectivity index (χ2v) is 5.58. The van der Waals surface area contributed by atoms with Gasteiger partial charge < -0.3 is 10.6 Å². The molecule has 0 unspecified atom stereocenters. The van der Waals surface area contributed by atoms with Gasteiger partial charge >= 0.3 is 0 Å². The van der Waals surface area contributed by atoms with Gasteiger partial charge in [0.2, 0.25) is 5.91 Å². The zero-order chi connectivity index (χ0) is 13.7. The van der Waals surface area contributed by atoms with Crippen LogP contribution in [0.1, 0.15) is 36.8 Å². The third kappa shape index (κ3) is 4.35. The second-order valence-electron chi connectivity index (χ2n) is 5.58. The second kappa shape index (κ2) is 6.71. The topological polar surface area (TPSA) is 46.3 Å². The predicted molar refractivity (Wildman–Crippen MR) is 77.9 cm³/mol. The number of nitrogens with zero attached hydrogens (tertiary/aromatic N) is 1. The monoisotopic (exact) mass is 260 g/mol. The summed E-state index contributed by atoms with van der Waals surface area (Å²) in [6, 6.07) is 8.84. The molecule has 0 bridgehead atoms. The molecule has 3 nitrogen and oxygen atoms in total. The molecule has 3 heteroatoms. The van der Waals surface area contributed by atoms with E-state index in [2.05, 4.69) is 31.2 Å². The number of carbonyl (C=O) groups excluding carboxylic acids is 1. The molecule has 1 aromatic rings. The lowest BCUT2D eigenvalue weighted by atomic mass is 10.1. The van der Waals surface area contributed by atoms with E-state index >= 15 is 0 Å². The highest BCUT2D eigenvalue weighted by atomic mass is 16.2. The summed E-state index contributed by atoms with van der Waals surface area (Å²) in [6.07, 6.45) is 4.73. The molecule has 2 rings (SSSR count). The molecule has 1 aliphatic rings. The number of carbonyl (C=O) groups is 1. The van der Waals surface area contributed by atoms with Crippen molar-refractivity contribution in [3.8, 4) is 0 Å². The minimum atomic E-state index is 0.191. The highest BCUT2D eigenvalue weighted by Crippen LogP contribution is 2.12. The lowest BCUT2D eigenvalue weighted by molar-refractivity contribution is -0.130. The first-order valence-corrected chi connectivity index (χ1v) is 7.24. The zero-order valence-electron chi connectivity index (χ0n) is 11.8. The largest absolute Gasteiger partial charge is 0.341 e. The molecule has 0 aliphatic carbocycles. The third-order valence-corrected chi connectivity index (χ3v) is 3.80. The van der Waals surface area contributed by atoms with Crippen molar-refractivity contribution in [2.75, 3.05) is 13.1 Å². The summed E-state index contributed by atoms with van der Waals surface area (Å²) in [5.74, 6) is 0.275. The number of hydrogen-bond donors (Lipinski definition) is 1. The van der Waals surface area contributed by atoms with Crippen LogP contribution in [0, 0.1) is 6.92 Å². The minimum absolute atomic E-state index is 0.191. The number of hydrogen-bond acceptors (Lipinski definition) is 2. The van der Waals surface area contributed by atoms with Gasteiger partial charge in [-0.05, 0) is 38.2 Å². The molecule has 0 aromatic heterocycles. The van der Waals surface area contributed by atoms with Gasteiger partial charge in [0.25, 0.3) is 0 Å². The highest BCUT2D eigenvalue weighted by Gasteiger charge is 2.22. The molecule has 2 N–H and O–H groups in total. The van der Waals surface area contributed by atoms with E-state index in [9.17, 15) is 4.79 Å². The number of nitrogens with two attached hydrogens (primary N) is 1. The Morgan fingerprint density at radius 3 is 2.68 bits per heavy atom. The van der Waals surface area contributed by atoms with Crippen LogP contribution < -0.4 is 5.73 Å². The van der Waals surface area contributed by atoms with E-state index in [1.807, 2.05) is 4.90 Å². The van der Waals surface area contributed by atoms with Crippen LogP contribution in [0.15, 0.2) is 24.3 Å². The van der Waals surface area contributed by atoms with Crippen molar-refractivity contribution < 1.29 is 4.79 Å². The lowest BCUT2D eigenvalue weighted by Crippen LogP contribution is -2.31. The van der Waals surface area contributed by atoms with Crippen LogP contribution in [0.4, 0.5) is 0 Å². The van der Waals surface area contributed by atoms with Crippen LogP contribution in [-0.2, 0) is 11.2 Å². The van der Waals surface area contributed by atoms with Gasteiger partial charge in [0.1, 0.15) is 0 Å². The number of unbranched alkanes of at least 4 members (excludes halogenated alkanes) is 1. The Hall–Kier alpha value is -1.35. The van der Waals surface area contributed by atoms with Crippen molar-refractivity contribution in [1.29, 1.82) is 0 Å². The Morgan fingerprint density at radius 1 is 1.32 bits per heavy atom. The molecular weight excluding hydrogens is 236 g/mol. The SMILES string of the molecule is Cc1ccc(CCCCC(=O)N2CC[C@@H](N)C2)cc1. The summed E-state index contributed by atoms with van der Waals surface area (Å²) in [6.45, 7) is 3.69. The molecule has 0 spiro atoms. The highest BCUT2D eigenvalue weighted by molar-refractivity contribution is 5.76. The number of benzene rings is 1. The average molecular weight is 260 g/mol. The van der Waals surface area contributed by atoms with Crippen LogP contribution in [0.25, 0.3) is 0 Å². The molecule has 1 amide bonds. The van der Waals surface area contributed by atoms with Gasteiger partial charge in [-0.3, -0.25) is 4.79 Å². The van der Waals surface area contributed by atoms with Crippen LogP contribution in [0.5, 0.6) is 0 Å². The number of amides is 1. The van der Waals surface area contributed by atoms with Crippen molar-refractivity contribution in [1.82, 2.24) is 4.90 Å². The van der Waals surface area contributed by atoms with Gasteiger partial charge in [-0.25, -0.2) is 0 Å². The maximum Gasteiger partial charge on any atom is 0.222 e. The fourth-order valence-corrected chi connectivity index (χ4v) is 2.53. The van der Waals surface area contributed by atoms with Crippen LogP contribution in [0.3, 0.4) is 0 Å². The van der Waals surface area contributed by atoms with Crippen molar-refractivity contribution in [3.05, 3.63) is 35.4 Å². The molecule has 1 fully saturated rings. The zero-order valence-corrected chi connectivity index (χ0v) is 11.8. The van der Waals surface area contributed by atoms with Gasteiger partial charge in [-0.2, -0.15) is 0 Å². The standard InChI is InChI=1S/C16H24N2O/c1-13-6-8-14(9-7-13)4-2-3-5-16(19)18-11-10-15(17)12-18/h6-9,15H,2-5,10-12,17H2,1H3/t15-/m1/s1. The minimum Gasteiger partial charge on any atom is -0.341 e. The fraction of sp³-hybridized carbons (Fsp3) is 0.562. The van der Waals surface area contributed by atoms with E-state index in [1.54, 1.807) is 0 Å². The van der Waals surface area contributed by atoms with Crippen molar-refractivity contribution in [2.45, 2.75) is 45.1 Å². The smallest absolute Gasteiger partial charge is 0.222 e. The van der Waals surface area contributed by atoms with Crippen LogP contribution in [0.2, 0.25) is 0 Å². The van der Waals surface area contributed by atoms with E-state index in [-0.39, 0.29) is 11.9 Å². The van der Waals surface area contributed by atoms with E-state index in [0.717, 1.165) is 38.8 Å². The Morgan fingerprint density at radius 2 is 2.05 bits per heavy atom. The van der Waals surface area contributed by atoms with Crippen molar-refractivity contribution in [3.63, 3.8) is 0 Å². The molecule has 1 aromatic carbocycles. The molecule has 1 atom stereocenters. The Balaban J connectivity index is 1.64. The summed E-state index contributed by atoms with van der Waals surface area (Å²) in [4.78, 5) is 13.8. The van der Waals surface area contributed by atoms with Crippen molar-refractivity contribution in [2.24, 2.45) is 5.73 Å². The molecule has 0 radical (unpaired) electrons. The summed E-state index contributed by atoms with van der Waals surface area (Å²) in [5, 5.41) is 0. The summed E-state index contributed by atoms with van der Waals surface area (Å²) < 4.78 is 0. The fourth-order valence-electron chi connectivity index (χ4n) is 2.53. The molecule has 1 heterocycles. The molecule has 1 aliphatic heterocycles.